The summed E-state index contributed by atoms with van der Waals surface area (Å²) in [7, 11) is 3.41. The van der Waals surface area contributed by atoms with Crippen LogP contribution in [0.4, 0.5) is 0 Å². The molecule has 5 heteroatoms. The highest BCUT2D eigenvalue weighted by Crippen LogP contribution is 2.26. The normalized spacial score (nSPS) is 10.1. The summed E-state index contributed by atoms with van der Waals surface area (Å²) in [5.74, 6) is -0.118. The summed E-state index contributed by atoms with van der Waals surface area (Å²) in [6.45, 7) is 0. The topological polar surface area (TPSA) is 46.1 Å². The largest absolute Gasteiger partial charge is 0.343 e. The standard InChI is InChI=1S/C11H11N3OS/c1-14(2)11(15)9-10(16-13-12-9)8-6-4-3-5-7-8/h3-7H,1-2H3. The van der Waals surface area contributed by atoms with Gasteiger partial charge in [-0.2, -0.15) is 0 Å². The van der Waals surface area contributed by atoms with Crippen LogP contribution in [0.3, 0.4) is 0 Å². The van der Waals surface area contributed by atoms with E-state index in [1.54, 1.807) is 14.1 Å². The van der Waals surface area contributed by atoms with Crippen molar-refractivity contribution in [1.29, 1.82) is 0 Å². The smallest absolute Gasteiger partial charge is 0.275 e. The summed E-state index contributed by atoms with van der Waals surface area (Å²) in [4.78, 5) is 14.2. The van der Waals surface area contributed by atoms with Crippen LogP contribution in [0.2, 0.25) is 0 Å². The summed E-state index contributed by atoms with van der Waals surface area (Å²) >= 11 is 1.24. The molecule has 4 nitrogen and oxygen atoms in total. The highest BCUT2D eigenvalue weighted by molar-refractivity contribution is 7.09. The maximum Gasteiger partial charge on any atom is 0.275 e. The molecule has 0 aliphatic carbocycles. The number of nitrogens with zero attached hydrogens (tertiary/aromatic N) is 3. The summed E-state index contributed by atoms with van der Waals surface area (Å²) in [5.41, 5.74) is 1.39. The van der Waals surface area contributed by atoms with Gasteiger partial charge in [0, 0.05) is 14.1 Å². The Morgan fingerprint density at radius 2 is 1.94 bits per heavy atom. The number of carbonyl (C=O) groups is 1. The zero-order chi connectivity index (χ0) is 11.5. The van der Waals surface area contributed by atoms with Gasteiger partial charge in [-0.05, 0) is 17.1 Å². The second-order valence-corrected chi connectivity index (χ2v) is 4.27. The van der Waals surface area contributed by atoms with E-state index < -0.39 is 0 Å². The molecule has 1 aromatic heterocycles. The molecule has 0 saturated carbocycles. The third-order valence-corrected chi connectivity index (χ3v) is 2.91. The van der Waals surface area contributed by atoms with Crippen molar-refractivity contribution in [2.75, 3.05) is 14.1 Å². The van der Waals surface area contributed by atoms with Crippen LogP contribution >= 0.6 is 11.5 Å². The van der Waals surface area contributed by atoms with E-state index in [0.29, 0.717) is 5.69 Å². The van der Waals surface area contributed by atoms with Gasteiger partial charge in [0.2, 0.25) is 0 Å². The fourth-order valence-electron chi connectivity index (χ4n) is 1.32. The van der Waals surface area contributed by atoms with Gasteiger partial charge in [-0.25, -0.2) is 0 Å². The zero-order valence-corrected chi connectivity index (χ0v) is 9.86. The monoisotopic (exact) mass is 233 g/mol. The van der Waals surface area contributed by atoms with Crippen LogP contribution in [0.15, 0.2) is 30.3 Å². The molecule has 1 aromatic carbocycles. The fraction of sp³-hybridized carbons (Fsp3) is 0.182. The van der Waals surface area contributed by atoms with Gasteiger partial charge in [0.05, 0.1) is 4.88 Å². The van der Waals surface area contributed by atoms with Crippen molar-refractivity contribution < 1.29 is 4.79 Å². The molecule has 1 heterocycles. The molecule has 0 fully saturated rings. The molecule has 0 bridgehead atoms. The van der Waals surface area contributed by atoms with Crippen LogP contribution in [0.25, 0.3) is 10.4 Å². The number of hydrogen-bond donors (Lipinski definition) is 0. The van der Waals surface area contributed by atoms with E-state index in [2.05, 4.69) is 9.59 Å². The highest BCUT2D eigenvalue weighted by atomic mass is 32.1. The lowest BCUT2D eigenvalue weighted by Crippen LogP contribution is -2.22. The van der Waals surface area contributed by atoms with Crippen molar-refractivity contribution in [3.63, 3.8) is 0 Å². The molecule has 2 rings (SSSR count). The number of benzene rings is 1. The molecule has 0 atom stereocenters. The molecule has 0 radical (unpaired) electrons. The minimum atomic E-state index is -0.118. The Labute approximate surface area is 97.7 Å². The van der Waals surface area contributed by atoms with Crippen LogP contribution in [-0.4, -0.2) is 34.5 Å². The van der Waals surface area contributed by atoms with Crippen LogP contribution in [0.1, 0.15) is 10.5 Å². The van der Waals surface area contributed by atoms with Crippen LogP contribution in [0.5, 0.6) is 0 Å². The molecular weight excluding hydrogens is 222 g/mol. The van der Waals surface area contributed by atoms with E-state index in [1.165, 1.54) is 16.4 Å². The Balaban J connectivity index is 2.45. The minimum Gasteiger partial charge on any atom is -0.343 e. The molecule has 0 unspecified atom stereocenters. The van der Waals surface area contributed by atoms with Gasteiger partial charge >= 0.3 is 0 Å². The lowest BCUT2D eigenvalue weighted by atomic mass is 10.1. The lowest BCUT2D eigenvalue weighted by Gasteiger charge is -2.08. The van der Waals surface area contributed by atoms with Crippen LogP contribution in [0, 0.1) is 0 Å². The van der Waals surface area contributed by atoms with Crippen LogP contribution in [-0.2, 0) is 0 Å². The number of aromatic nitrogens is 2. The van der Waals surface area contributed by atoms with Crippen molar-refractivity contribution in [1.82, 2.24) is 14.5 Å². The maximum atomic E-state index is 11.8. The van der Waals surface area contributed by atoms with Gasteiger partial charge in [-0.15, -0.1) is 5.10 Å². The van der Waals surface area contributed by atoms with Crippen molar-refractivity contribution in [2.24, 2.45) is 0 Å². The van der Waals surface area contributed by atoms with Gasteiger partial charge in [0.25, 0.3) is 5.91 Å². The number of amides is 1. The first-order valence-electron chi connectivity index (χ1n) is 4.79. The molecule has 0 aliphatic heterocycles. The first-order valence-corrected chi connectivity index (χ1v) is 5.57. The average Bonchev–Trinajstić information content (AvgIpc) is 2.77. The van der Waals surface area contributed by atoms with Gasteiger partial charge in [0.15, 0.2) is 5.69 Å². The molecular formula is C11H11N3OS. The molecule has 0 aliphatic rings. The van der Waals surface area contributed by atoms with Gasteiger partial charge in [0.1, 0.15) is 0 Å². The lowest BCUT2D eigenvalue weighted by molar-refractivity contribution is 0.0822. The first-order chi connectivity index (χ1) is 7.70. The van der Waals surface area contributed by atoms with Crippen molar-refractivity contribution in [3.05, 3.63) is 36.0 Å². The second kappa shape index (κ2) is 4.40. The molecule has 0 spiro atoms. The van der Waals surface area contributed by atoms with E-state index in [1.807, 2.05) is 30.3 Å². The van der Waals surface area contributed by atoms with E-state index >= 15 is 0 Å². The summed E-state index contributed by atoms with van der Waals surface area (Å²) in [6, 6.07) is 9.69. The van der Waals surface area contributed by atoms with Gasteiger partial charge < -0.3 is 4.90 Å². The predicted octanol–water partition coefficient (Wildman–Crippen LogP) is 1.91. The van der Waals surface area contributed by atoms with Crippen LogP contribution < -0.4 is 0 Å². The van der Waals surface area contributed by atoms with E-state index in [9.17, 15) is 4.79 Å². The molecule has 0 saturated heterocycles. The Hall–Kier alpha value is -1.75. The molecule has 0 N–H and O–H groups in total. The zero-order valence-electron chi connectivity index (χ0n) is 9.04. The number of rotatable bonds is 2. The van der Waals surface area contributed by atoms with Gasteiger partial charge in [-0.1, -0.05) is 34.8 Å². The second-order valence-electron chi connectivity index (χ2n) is 3.52. The third-order valence-electron chi connectivity index (χ3n) is 2.13. The Kier molecular flexibility index (Phi) is 2.96. The Morgan fingerprint density at radius 1 is 1.25 bits per heavy atom. The maximum absolute atomic E-state index is 11.8. The van der Waals surface area contributed by atoms with Crippen molar-refractivity contribution in [2.45, 2.75) is 0 Å². The van der Waals surface area contributed by atoms with E-state index in [-0.39, 0.29) is 5.91 Å². The Morgan fingerprint density at radius 3 is 2.56 bits per heavy atom. The van der Waals surface area contributed by atoms with Crippen molar-refractivity contribution >= 4 is 17.4 Å². The molecule has 2 aromatic rings. The average molecular weight is 233 g/mol. The molecule has 16 heavy (non-hydrogen) atoms. The summed E-state index contributed by atoms with van der Waals surface area (Å²) in [6.07, 6.45) is 0. The minimum absolute atomic E-state index is 0.118. The SMILES string of the molecule is CN(C)C(=O)c1nnsc1-c1ccccc1. The van der Waals surface area contributed by atoms with E-state index in [4.69, 9.17) is 0 Å². The predicted molar refractivity (Wildman–Crippen MR) is 63.4 cm³/mol. The quantitative estimate of drug-likeness (QED) is 0.796. The van der Waals surface area contributed by atoms with Crippen molar-refractivity contribution in [3.8, 4) is 10.4 Å². The van der Waals surface area contributed by atoms with Gasteiger partial charge in [-0.3, -0.25) is 4.79 Å². The molecule has 82 valence electrons. The molecule has 1 amide bonds. The summed E-state index contributed by atoms with van der Waals surface area (Å²) in [5, 5.41) is 3.89. The summed E-state index contributed by atoms with van der Waals surface area (Å²) < 4.78 is 3.85. The number of carbonyl (C=O) groups excluding carboxylic acids is 1. The van der Waals surface area contributed by atoms with E-state index in [0.717, 1.165) is 10.4 Å². The fourth-order valence-corrected chi connectivity index (χ4v) is 1.98. The highest BCUT2D eigenvalue weighted by Gasteiger charge is 2.18. The first kappa shape index (κ1) is 10.8. The number of hydrogen-bond acceptors (Lipinski definition) is 4. The third kappa shape index (κ3) is 1.94. The Bertz CT molecular complexity index is 493.